The molecule has 0 unspecified atom stereocenters. The number of rotatable bonds is 5. The summed E-state index contributed by atoms with van der Waals surface area (Å²) in [4.78, 5) is 22.8. The molecule has 27 heavy (non-hydrogen) atoms. The van der Waals surface area contributed by atoms with Crippen molar-refractivity contribution in [3.63, 3.8) is 0 Å². The Hall–Kier alpha value is -2.35. The standard InChI is InChI=1S/C19H22FN3O3S/c1-14(13-27(25,26)17-4-2-16(20)3-5-17)19(24)23-10-6-15(7-11-23)18-12-21-8-9-22-18/h2-5,8-9,12,14-15H,6-7,10-11,13H2,1H3/t14-/m0/s1. The molecule has 0 N–H and O–H groups in total. The van der Waals surface area contributed by atoms with Gasteiger partial charge in [0.25, 0.3) is 0 Å². The predicted molar refractivity (Wildman–Crippen MR) is 98.2 cm³/mol. The quantitative estimate of drug-likeness (QED) is 0.732. The van der Waals surface area contributed by atoms with E-state index in [-0.39, 0.29) is 22.5 Å². The van der Waals surface area contributed by atoms with Gasteiger partial charge in [0, 0.05) is 43.5 Å². The first-order valence-electron chi connectivity index (χ1n) is 8.90. The summed E-state index contributed by atoms with van der Waals surface area (Å²) in [5.74, 6) is -1.35. The van der Waals surface area contributed by atoms with Crippen LogP contribution in [0.15, 0.2) is 47.8 Å². The first-order valence-corrected chi connectivity index (χ1v) is 10.5. The molecule has 1 aromatic heterocycles. The van der Waals surface area contributed by atoms with Crippen molar-refractivity contribution in [2.75, 3.05) is 18.8 Å². The highest BCUT2D eigenvalue weighted by atomic mass is 32.2. The van der Waals surface area contributed by atoms with Gasteiger partial charge in [-0.2, -0.15) is 0 Å². The highest BCUT2D eigenvalue weighted by molar-refractivity contribution is 7.91. The van der Waals surface area contributed by atoms with Crippen molar-refractivity contribution in [3.05, 3.63) is 54.4 Å². The van der Waals surface area contributed by atoms with E-state index in [0.29, 0.717) is 13.1 Å². The minimum absolute atomic E-state index is 0.0323. The molecule has 3 rings (SSSR count). The molecule has 2 heterocycles. The van der Waals surface area contributed by atoms with E-state index in [0.717, 1.165) is 30.7 Å². The van der Waals surface area contributed by atoms with E-state index in [1.807, 2.05) is 0 Å². The van der Waals surface area contributed by atoms with Crippen LogP contribution >= 0.6 is 0 Å². The second-order valence-electron chi connectivity index (χ2n) is 6.87. The average Bonchev–Trinajstić information content (AvgIpc) is 2.68. The van der Waals surface area contributed by atoms with Crippen molar-refractivity contribution < 1.29 is 17.6 Å². The lowest BCUT2D eigenvalue weighted by molar-refractivity contribution is -0.135. The number of amides is 1. The maximum Gasteiger partial charge on any atom is 0.226 e. The van der Waals surface area contributed by atoms with E-state index in [1.165, 1.54) is 12.1 Å². The number of benzene rings is 1. The Kier molecular flexibility index (Phi) is 5.84. The molecule has 6 nitrogen and oxygen atoms in total. The van der Waals surface area contributed by atoms with Crippen molar-refractivity contribution in [3.8, 4) is 0 Å². The van der Waals surface area contributed by atoms with E-state index in [2.05, 4.69) is 9.97 Å². The van der Waals surface area contributed by atoms with Gasteiger partial charge < -0.3 is 4.90 Å². The smallest absolute Gasteiger partial charge is 0.226 e. The van der Waals surface area contributed by atoms with Gasteiger partial charge in [-0.1, -0.05) is 6.92 Å². The van der Waals surface area contributed by atoms with E-state index in [9.17, 15) is 17.6 Å². The summed E-state index contributed by atoms with van der Waals surface area (Å²) in [5.41, 5.74) is 0.927. The summed E-state index contributed by atoms with van der Waals surface area (Å²) < 4.78 is 37.9. The van der Waals surface area contributed by atoms with Gasteiger partial charge in [0.05, 0.1) is 16.3 Å². The summed E-state index contributed by atoms with van der Waals surface area (Å²) in [7, 11) is -3.65. The highest BCUT2D eigenvalue weighted by Crippen LogP contribution is 2.27. The van der Waals surface area contributed by atoms with Crippen LogP contribution in [0.3, 0.4) is 0 Å². The van der Waals surface area contributed by atoms with Crippen LogP contribution in [0.1, 0.15) is 31.4 Å². The number of carbonyl (C=O) groups excluding carboxylic acids is 1. The lowest BCUT2D eigenvalue weighted by Crippen LogP contribution is -2.42. The van der Waals surface area contributed by atoms with E-state index >= 15 is 0 Å². The summed E-state index contributed by atoms with van der Waals surface area (Å²) in [5, 5.41) is 0. The van der Waals surface area contributed by atoms with Gasteiger partial charge in [-0.25, -0.2) is 12.8 Å². The number of halogens is 1. The molecular formula is C19H22FN3O3S. The molecule has 2 aromatic rings. The highest BCUT2D eigenvalue weighted by Gasteiger charge is 2.30. The van der Waals surface area contributed by atoms with Crippen LogP contribution in [0.25, 0.3) is 0 Å². The maximum absolute atomic E-state index is 13.0. The zero-order valence-electron chi connectivity index (χ0n) is 15.1. The van der Waals surface area contributed by atoms with Crippen molar-refractivity contribution in [1.29, 1.82) is 0 Å². The summed E-state index contributed by atoms with van der Waals surface area (Å²) in [6.07, 6.45) is 6.60. The van der Waals surface area contributed by atoms with Gasteiger partial charge >= 0.3 is 0 Å². The fourth-order valence-corrected chi connectivity index (χ4v) is 4.91. The van der Waals surface area contributed by atoms with E-state index in [4.69, 9.17) is 0 Å². The maximum atomic E-state index is 13.0. The molecule has 0 saturated carbocycles. The second-order valence-corrected chi connectivity index (χ2v) is 8.90. The number of carbonyl (C=O) groups is 1. The molecule has 1 saturated heterocycles. The van der Waals surface area contributed by atoms with E-state index in [1.54, 1.807) is 30.4 Å². The first kappa shape index (κ1) is 19.4. The number of hydrogen-bond acceptors (Lipinski definition) is 5. The lowest BCUT2D eigenvalue weighted by Gasteiger charge is -2.33. The molecule has 0 aliphatic carbocycles. The number of piperidine rings is 1. The summed E-state index contributed by atoms with van der Waals surface area (Å²) >= 11 is 0. The fourth-order valence-electron chi connectivity index (χ4n) is 3.37. The Bertz CT molecular complexity index is 880. The normalized spacial score (nSPS) is 16.9. The lowest BCUT2D eigenvalue weighted by atomic mass is 9.93. The van der Waals surface area contributed by atoms with Crippen molar-refractivity contribution in [2.45, 2.75) is 30.6 Å². The zero-order valence-corrected chi connectivity index (χ0v) is 15.9. The monoisotopic (exact) mass is 391 g/mol. The van der Waals surface area contributed by atoms with Crippen LogP contribution < -0.4 is 0 Å². The van der Waals surface area contributed by atoms with Crippen LogP contribution in [-0.4, -0.2) is 48.0 Å². The van der Waals surface area contributed by atoms with Crippen molar-refractivity contribution in [1.82, 2.24) is 14.9 Å². The predicted octanol–water partition coefficient (Wildman–Crippen LogP) is 2.43. The van der Waals surface area contributed by atoms with Crippen molar-refractivity contribution >= 4 is 15.7 Å². The SMILES string of the molecule is C[C@@H](CS(=O)(=O)c1ccc(F)cc1)C(=O)N1CCC(c2cnccn2)CC1. The Morgan fingerprint density at radius 3 is 2.48 bits per heavy atom. The van der Waals surface area contributed by atoms with Crippen LogP contribution in [0, 0.1) is 11.7 Å². The minimum atomic E-state index is -3.65. The van der Waals surface area contributed by atoms with Gasteiger partial charge in [-0.15, -0.1) is 0 Å². The second kappa shape index (κ2) is 8.12. The molecule has 0 spiro atoms. The van der Waals surface area contributed by atoms with Crippen LogP contribution in [0.5, 0.6) is 0 Å². The molecule has 0 bridgehead atoms. The molecule has 1 aliphatic rings. The Morgan fingerprint density at radius 1 is 1.22 bits per heavy atom. The molecule has 1 atom stereocenters. The average molecular weight is 391 g/mol. The fraction of sp³-hybridized carbons (Fsp3) is 0.421. The number of nitrogens with zero attached hydrogens (tertiary/aromatic N) is 3. The van der Waals surface area contributed by atoms with Gasteiger partial charge in [-0.05, 0) is 37.1 Å². The zero-order chi connectivity index (χ0) is 19.4. The van der Waals surface area contributed by atoms with Crippen LogP contribution in [-0.2, 0) is 14.6 Å². The largest absolute Gasteiger partial charge is 0.342 e. The van der Waals surface area contributed by atoms with Gasteiger partial charge in [0.1, 0.15) is 5.82 Å². The van der Waals surface area contributed by atoms with Gasteiger partial charge in [0.15, 0.2) is 9.84 Å². The molecule has 1 fully saturated rings. The summed E-state index contributed by atoms with van der Waals surface area (Å²) in [6.45, 7) is 2.76. The van der Waals surface area contributed by atoms with Crippen molar-refractivity contribution in [2.24, 2.45) is 5.92 Å². The topological polar surface area (TPSA) is 80.2 Å². The van der Waals surface area contributed by atoms with Gasteiger partial charge in [0.2, 0.25) is 5.91 Å². The number of aromatic nitrogens is 2. The molecule has 8 heteroatoms. The minimum Gasteiger partial charge on any atom is -0.342 e. The molecule has 1 aromatic carbocycles. The Labute approximate surface area is 158 Å². The molecule has 144 valence electrons. The van der Waals surface area contributed by atoms with Crippen LogP contribution in [0.4, 0.5) is 4.39 Å². The number of hydrogen-bond donors (Lipinski definition) is 0. The first-order chi connectivity index (χ1) is 12.9. The molecule has 0 radical (unpaired) electrons. The third-order valence-electron chi connectivity index (χ3n) is 4.87. The van der Waals surface area contributed by atoms with E-state index < -0.39 is 21.6 Å². The number of likely N-dealkylation sites (tertiary alicyclic amines) is 1. The van der Waals surface area contributed by atoms with Crippen LogP contribution in [0.2, 0.25) is 0 Å². The number of sulfone groups is 1. The Morgan fingerprint density at radius 2 is 1.89 bits per heavy atom. The Balaban J connectivity index is 1.59. The molecular weight excluding hydrogens is 369 g/mol. The summed E-state index contributed by atoms with van der Waals surface area (Å²) in [6, 6.07) is 4.68. The third kappa shape index (κ3) is 4.68. The molecule has 1 amide bonds. The molecule has 1 aliphatic heterocycles. The third-order valence-corrected chi connectivity index (χ3v) is 6.80. The van der Waals surface area contributed by atoms with Gasteiger partial charge in [-0.3, -0.25) is 14.8 Å².